The van der Waals surface area contributed by atoms with Gasteiger partial charge in [-0.2, -0.15) is 0 Å². The molecule has 21 heavy (non-hydrogen) atoms. The van der Waals surface area contributed by atoms with E-state index in [1.54, 1.807) is 6.92 Å². The molecule has 7 nitrogen and oxygen atoms in total. The van der Waals surface area contributed by atoms with Crippen LogP contribution in [0.5, 0.6) is 0 Å². The van der Waals surface area contributed by atoms with E-state index in [4.69, 9.17) is 20.4 Å². The lowest BCUT2D eigenvalue weighted by Gasteiger charge is -2.30. The summed E-state index contributed by atoms with van der Waals surface area (Å²) >= 11 is 0. The van der Waals surface area contributed by atoms with Crippen molar-refractivity contribution in [2.45, 2.75) is 12.5 Å². The minimum absolute atomic E-state index is 0.245. The third-order valence-electron chi connectivity index (χ3n) is 2.80. The van der Waals surface area contributed by atoms with Gasteiger partial charge in [0.2, 0.25) is 6.41 Å². The van der Waals surface area contributed by atoms with Gasteiger partial charge in [0.05, 0.1) is 6.61 Å². The first kappa shape index (κ1) is 16.6. The van der Waals surface area contributed by atoms with Gasteiger partial charge in [-0.15, -0.1) is 0 Å². The molecule has 8 heteroatoms. The molecular formula is C13H16FN3O4. The molecule has 1 aliphatic rings. The Morgan fingerprint density at radius 3 is 2.76 bits per heavy atom. The SMILES string of the molecule is C[C@@]1(c2cc(NC=O)ccc2F)COCC(N)=N1.O=CO. The van der Waals surface area contributed by atoms with Crippen LogP contribution in [0.2, 0.25) is 0 Å². The molecule has 0 aromatic heterocycles. The number of nitrogens with one attached hydrogen (secondary N) is 1. The maximum absolute atomic E-state index is 13.9. The third-order valence-corrected chi connectivity index (χ3v) is 2.80. The summed E-state index contributed by atoms with van der Waals surface area (Å²) in [4.78, 5) is 23.0. The van der Waals surface area contributed by atoms with E-state index in [1.807, 2.05) is 0 Å². The van der Waals surface area contributed by atoms with Crippen LogP contribution in [-0.2, 0) is 19.9 Å². The van der Waals surface area contributed by atoms with E-state index in [9.17, 15) is 9.18 Å². The van der Waals surface area contributed by atoms with Crippen LogP contribution in [0.3, 0.4) is 0 Å². The molecular weight excluding hydrogens is 281 g/mol. The number of rotatable bonds is 3. The van der Waals surface area contributed by atoms with E-state index in [-0.39, 0.29) is 19.7 Å². The highest BCUT2D eigenvalue weighted by atomic mass is 19.1. The standard InChI is InChI=1S/C12H14FN3O2.CH2O2/c1-12(6-18-5-11(14)16-12)9-4-8(15-7-17)2-3-10(9)13;2-1-3/h2-4,7H,5-6H2,1H3,(H2,14,16)(H,15,17);1H,(H,2,3)/t12-;/m0./s1. The van der Waals surface area contributed by atoms with E-state index >= 15 is 0 Å². The van der Waals surface area contributed by atoms with E-state index in [0.717, 1.165) is 0 Å². The van der Waals surface area contributed by atoms with Crippen molar-refractivity contribution in [3.05, 3.63) is 29.6 Å². The number of amides is 1. The lowest BCUT2D eigenvalue weighted by molar-refractivity contribution is -0.122. The average molecular weight is 297 g/mol. The molecule has 1 aromatic carbocycles. The Morgan fingerprint density at radius 1 is 1.52 bits per heavy atom. The summed E-state index contributed by atoms with van der Waals surface area (Å²) in [5.41, 5.74) is 5.60. The summed E-state index contributed by atoms with van der Waals surface area (Å²) in [6.07, 6.45) is 0.536. The van der Waals surface area contributed by atoms with Crippen molar-refractivity contribution in [1.29, 1.82) is 0 Å². The molecule has 0 radical (unpaired) electrons. The van der Waals surface area contributed by atoms with Gasteiger partial charge >= 0.3 is 0 Å². The summed E-state index contributed by atoms with van der Waals surface area (Å²) < 4.78 is 19.2. The Kier molecular flexibility index (Phi) is 5.79. The van der Waals surface area contributed by atoms with Crippen molar-refractivity contribution >= 4 is 24.4 Å². The third kappa shape index (κ3) is 4.25. The smallest absolute Gasteiger partial charge is 0.290 e. The number of carboxylic acid groups (broad SMARTS) is 1. The number of hydrogen-bond donors (Lipinski definition) is 3. The van der Waals surface area contributed by atoms with Gasteiger partial charge in [0, 0.05) is 11.3 Å². The van der Waals surface area contributed by atoms with Crippen LogP contribution >= 0.6 is 0 Å². The summed E-state index contributed by atoms with van der Waals surface area (Å²) in [6, 6.07) is 4.30. The number of ether oxygens (including phenoxy) is 1. The Bertz CT molecular complexity index is 550. The second-order valence-electron chi connectivity index (χ2n) is 4.43. The van der Waals surface area contributed by atoms with Gasteiger partial charge < -0.3 is 20.9 Å². The van der Waals surface area contributed by atoms with Gasteiger partial charge in [-0.25, -0.2) is 4.39 Å². The predicted octanol–water partition coefficient (Wildman–Crippen LogP) is 0.697. The number of benzene rings is 1. The number of nitrogens with zero attached hydrogens (tertiary/aromatic N) is 1. The largest absolute Gasteiger partial charge is 0.483 e. The Hall–Kier alpha value is -2.48. The molecule has 2 rings (SSSR count). The lowest BCUT2D eigenvalue weighted by atomic mass is 9.92. The fourth-order valence-electron chi connectivity index (χ4n) is 1.97. The summed E-state index contributed by atoms with van der Waals surface area (Å²) in [6.45, 7) is 1.99. The van der Waals surface area contributed by atoms with Gasteiger partial charge in [-0.1, -0.05) is 0 Å². The molecule has 0 spiro atoms. The van der Waals surface area contributed by atoms with Crippen molar-refractivity contribution in [1.82, 2.24) is 0 Å². The number of anilines is 1. The van der Waals surface area contributed by atoms with Gasteiger partial charge in [0.15, 0.2) is 0 Å². The highest BCUT2D eigenvalue weighted by Crippen LogP contribution is 2.31. The monoisotopic (exact) mass is 297 g/mol. The number of carbonyl (C=O) groups excluding carboxylic acids is 1. The number of hydrogen-bond acceptors (Lipinski definition) is 5. The minimum Gasteiger partial charge on any atom is -0.483 e. The maximum atomic E-state index is 13.9. The number of nitrogens with two attached hydrogens (primary N) is 1. The van der Waals surface area contributed by atoms with Gasteiger partial charge in [-0.05, 0) is 25.1 Å². The molecule has 1 atom stereocenters. The Labute approximate surface area is 120 Å². The molecule has 1 heterocycles. The normalized spacial score (nSPS) is 20.6. The second-order valence-corrected chi connectivity index (χ2v) is 4.43. The highest BCUT2D eigenvalue weighted by Gasteiger charge is 2.32. The van der Waals surface area contributed by atoms with E-state index in [2.05, 4.69) is 10.3 Å². The zero-order valence-corrected chi connectivity index (χ0v) is 11.4. The molecule has 0 unspecified atom stereocenters. The Morgan fingerprint density at radius 2 is 2.19 bits per heavy atom. The molecule has 4 N–H and O–H groups in total. The zero-order chi connectivity index (χ0) is 15.9. The van der Waals surface area contributed by atoms with Crippen LogP contribution in [0.15, 0.2) is 23.2 Å². The predicted molar refractivity (Wildman–Crippen MR) is 74.6 cm³/mol. The molecule has 0 bridgehead atoms. The first-order chi connectivity index (χ1) is 9.96. The number of carbonyl (C=O) groups is 2. The summed E-state index contributed by atoms with van der Waals surface area (Å²) in [5.74, 6) is -0.0760. The van der Waals surface area contributed by atoms with Crippen LogP contribution < -0.4 is 11.1 Å². The molecule has 114 valence electrons. The molecule has 0 saturated heterocycles. The van der Waals surface area contributed by atoms with E-state index in [1.165, 1.54) is 18.2 Å². The summed E-state index contributed by atoms with van der Waals surface area (Å²) in [5, 5.41) is 9.36. The number of aliphatic imine (C=N–C) groups is 1. The van der Waals surface area contributed by atoms with Gasteiger partial charge in [0.25, 0.3) is 6.47 Å². The van der Waals surface area contributed by atoms with Crippen LogP contribution in [0, 0.1) is 5.82 Å². The van der Waals surface area contributed by atoms with E-state index in [0.29, 0.717) is 23.5 Å². The fraction of sp³-hybridized carbons (Fsp3) is 0.308. The van der Waals surface area contributed by atoms with Crippen LogP contribution in [0.4, 0.5) is 10.1 Å². The van der Waals surface area contributed by atoms with Crippen molar-refractivity contribution < 1.29 is 23.8 Å². The number of amidine groups is 1. The maximum Gasteiger partial charge on any atom is 0.290 e. The van der Waals surface area contributed by atoms with Crippen molar-refractivity contribution in [3.8, 4) is 0 Å². The minimum atomic E-state index is -0.868. The average Bonchev–Trinajstić information content (AvgIpc) is 2.42. The van der Waals surface area contributed by atoms with Crippen molar-refractivity contribution in [2.75, 3.05) is 18.5 Å². The second kappa shape index (κ2) is 7.34. The van der Waals surface area contributed by atoms with Crippen molar-refractivity contribution in [2.24, 2.45) is 10.7 Å². The Balaban J connectivity index is 0.000000677. The fourth-order valence-corrected chi connectivity index (χ4v) is 1.97. The van der Waals surface area contributed by atoms with E-state index < -0.39 is 11.4 Å². The molecule has 1 aliphatic heterocycles. The molecule has 0 saturated carbocycles. The quantitative estimate of drug-likeness (QED) is 0.710. The first-order valence-corrected chi connectivity index (χ1v) is 5.97. The summed E-state index contributed by atoms with van der Waals surface area (Å²) in [7, 11) is 0. The van der Waals surface area contributed by atoms with Crippen LogP contribution in [-0.4, -0.2) is 37.0 Å². The van der Waals surface area contributed by atoms with Gasteiger partial charge in [-0.3, -0.25) is 14.6 Å². The van der Waals surface area contributed by atoms with Crippen molar-refractivity contribution in [3.63, 3.8) is 0 Å². The topological polar surface area (TPSA) is 114 Å². The highest BCUT2D eigenvalue weighted by molar-refractivity contribution is 5.82. The number of halogens is 1. The van der Waals surface area contributed by atoms with Crippen LogP contribution in [0.1, 0.15) is 12.5 Å². The molecule has 0 fully saturated rings. The molecule has 1 amide bonds. The molecule has 0 aliphatic carbocycles. The van der Waals surface area contributed by atoms with Crippen LogP contribution in [0.25, 0.3) is 0 Å². The lowest BCUT2D eigenvalue weighted by Crippen LogP contribution is -2.38. The zero-order valence-electron chi connectivity index (χ0n) is 11.4. The van der Waals surface area contributed by atoms with Gasteiger partial charge in [0.1, 0.15) is 23.8 Å². The first-order valence-electron chi connectivity index (χ1n) is 5.97. The molecule has 1 aromatic rings.